The first-order chi connectivity index (χ1) is 12.4. The average molecular weight is 353 g/mol. The molecule has 1 atom stereocenters. The van der Waals surface area contributed by atoms with Crippen molar-refractivity contribution in [1.82, 2.24) is 10.1 Å². The van der Waals surface area contributed by atoms with Crippen LogP contribution in [0.5, 0.6) is 0 Å². The highest BCUT2D eigenvalue weighted by molar-refractivity contribution is 5.69. The van der Waals surface area contributed by atoms with Crippen molar-refractivity contribution in [3.05, 3.63) is 41.6 Å². The molecule has 3 rings (SSSR count). The molecule has 0 N–H and O–H groups in total. The fraction of sp³-hybridized carbons (Fsp3) is 0.450. The van der Waals surface area contributed by atoms with Crippen molar-refractivity contribution < 1.29 is 14.1 Å². The fourth-order valence-corrected chi connectivity index (χ4v) is 3.10. The minimum atomic E-state index is -0.536. The normalized spacial score (nSPS) is 17.6. The third kappa shape index (κ3) is 4.05. The standard InChI is InChI=1S/C20H23N3O3/c1-20(2,3)25-19(24)23-10-5-4-9-17(23)16-12-18(26-22-16)15-8-6-7-14(11-15)13-21/h6-8,11-12,17H,4-5,9-10H2,1-3H3. The Bertz CT molecular complexity index is 829. The topological polar surface area (TPSA) is 79.4 Å². The number of nitrogens with zero attached hydrogens (tertiary/aromatic N) is 3. The van der Waals surface area contributed by atoms with Gasteiger partial charge in [0, 0.05) is 18.2 Å². The van der Waals surface area contributed by atoms with Crippen LogP contribution in [0.15, 0.2) is 34.9 Å². The van der Waals surface area contributed by atoms with Crippen LogP contribution in [0.3, 0.4) is 0 Å². The van der Waals surface area contributed by atoms with Crippen LogP contribution in [-0.2, 0) is 4.74 Å². The Balaban J connectivity index is 1.84. The summed E-state index contributed by atoms with van der Waals surface area (Å²) in [7, 11) is 0. The number of aromatic nitrogens is 1. The summed E-state index contributed by atoms with van der Waals surface area (Å²) in [6.07, 6.45) is 2.47. The van der Waals surface area contributed by atoms with E-state index in [0.717, 1.165) is 24.8 Å². The van der Waals surface area contributed by atoms with Gasteiger partial charge in [-0.2, -0.15) is 5.26 Å². The predicted molar refractivity (Wildman–Crippen MR) is 96.2 cm³/mol. The highest BCUT2D eigenvalue weighted by atomic mass is 16.6. The zero-order valence-electron chi connectivity index (χ0n) is 15.4. The van der Waals surface area contributed by atoms with E-state index in [-0.39, 0.29) is 12.1 Å². The minimum Gasteiger partial charge on any atom is -0.444 e. The van der Waals surface area contributed by atoms with E-state index in [9.17, 15) is 4.79 Å². The summed E-state index contributed by atoms with van der Waals surface area (Å²) in [4.78, 5) is 14.3. The molecule has 1 saturated heterocycles. The molecule has 1 aromatic heterocycles. The van der Waals surface area contributed by atoms with Crippen LogP contribution in [-0.4, -0.2) is 28.3 Å². The van der Waals surface area contributed by atoms with Crippen LogP contribution in [0.2, 0.25) is 0 Å². The first kappa shape index (κ1) is 18.0. The first-order valence-electron chi connectivity index (χ1n) is 8.84. The highest BCUT2D eigenvalue weighted by Gasteiger charge is 2.33. The third-order valence-electron chi connectivity index (χ3n) is 4.28. The second-order valence-corrected chi connectivity index (χ2v) is 7.49. The van der Waals surface area contributed by atoms with Gasteiger partial charge in [0.15, 0.2) is 5.76 Å². The van der Waals surface area contributed by atoms with E-state index in [1.807, 2.05) is 39.0 Å². The van der Waals surface area contributed by atoms with Gasteiger partial charge in [-0.1, -0.05) is 17.3 Å². The van der Waals surface area contributed by atoms with Crippen molar-refractivity contribution in [1.29, 1.82) is 5.26 Å². The van der Waals surface area contributed by atoms with Gasteiger partial charge in [-0.15, -0.1) is 0 Å². The molecule has 1 fully saturated rings. The van der Waals surface area contributed by atoms with E-state index >= 15 is 0 Å². The molecule has 2 heterocycles. The summed E-state index contributed by atoms with van der Waals surface area (Å²) in [5, 5.41) is 13.2. The number of hydrogen-bond donors (Lipinski definition) is 0. The van der Waals surface area contributed by atoms with Crippen LogP contribution in [0, 0.1) is 11.3 Å². The largest absolute Gasteiger partial charge is 0.444 e. The van der Waals surface area contributed by atoms with Crippen molar-refractivity contribution in [2.45, 2.75) is 51.7 Å². The maximum Gasteiger partial charge on any atom is 0.410 e. The van der Waals surface area contributed by atoms with Gasteiger partial charge in [-0.25, -0.2) is 4.79 Å². The molecule has 6 nitrogen and oxygen atoms in total. The van der Waals surface area contributed by atoms with Crippen molar-refractivity contribution in [3.8, 4) is 17.4 Å². The molecular formula is C20H23N3O3. The fourth-order valence-electron chi connectivity index (χ4n) is 3.10. The quantitative estimate of drug-likeness (QED) is 0.783. The van der Waals surface area contributed by atoms with Crippen LogP contribution < -0.4 is 0 Å². The third-order valence-corrected chi connectivity index (χ3v) is 4.28. The lowest BCUT2D eigenvalue weighted by atomic mass is 9.99. The summed E-state index contributed by atoms with van der Waals surface area (Å²) in [6, 6.07) is 11.0. The number of carbonyl (C=O) groups is 1. The number of hydrogen-bond acceptors (Lipinski definition) is 5. The molecule has 1 aliphatic rings. The summed E-state index contributed by atoms with van der Waals surface area (Å²) in [5.41, 5.74) is 1.54. The van der Waals surface area contributed by atoms with Crippen LogP contribution in [0.1, 0.15) is 57.3 Å². The summed E-state index contributed by atoms with van der Waals surface area (Å²) in [5.74, 6) is 0.590. The maximum atomic E-state index is 12.6. The zero-order valence-corrected chi connectivity index (χ0v) is 15.4. The number of ether oxygens (including phenoxy) is 1. The molecule has 136 valence electrons. The Hall–Kier alpha value is -2.81. The molecule has 0 radical (unpaired) electrons. The number of piperidine rings is 1. The number of rotatable bonds is 2. The lowest BCUT2D eigenvalue weighted by molar-refractivity contribution is 0.00869. The second kappa shape index (κ2) is 7.20. The number of likely N-dealkylation sites (tertiary alicyclic amines) is 1. The maximum absolute atomic E-state index is 12.6. The molecule has 2 aromatic rings. The summed E-state index contributed by atoms with van der Waals surface area (Å²) >= 11 is 0. The van der Waals surface area contributed by atoms with Gasteiger partial charge in [0.05, 0.1) is 17.7 Å². The van der Waals surface area contributed by atoms with Gasteiger partial charge in [0.25, 0.3) is 0 Å². The molecule has 0 saturated carbocycles. The van der Waals surface area contributed by atoms with E-state index in [1.165, 1.54) is 0 Å². The Morgan fingerprint density at radius 1 is 1.35 bits per heavy atom. The molecule has 1 unspecified atom stereocenters. The predicted octanol–water partition coefficient (Wildman–Crippen LogP) is 4.68. The molecule has 6 heteroatoms. The number of amides is 1. The molecule has 0 spiro atoms. The van der Waals surface area contributed by atoms with E-state index in [2.05, 4.69) is 11.2 Å². The number of carbonyl (C=O) groups excluding carboxylic acids is 1. The van der Waals surface area contributed by atoms with Crippen LogP contribution >= 0.6 is 0 Å². The number of nitriles is 1. The molecular weight excluding hydrogens is 330 g/mol. The average Bonchev–Trinajstić information content (AvgIpc) is 3.10. The van der Waals surface area contributed by atoms with Gasteiger partial charge < -0.3 is 9.26 Å². The lowest BCUT2D eigenvalue weighted by Crippen LogP contribution is -2.42. The van der Waals surface area contributed by atoms with Gasteiger partial charge in [0.2, 0.25) is 0 Å². The van der Waals surface area contributed by atoms with E-state index in [4.69, 9.17) is 14.5 Å². The van der Waals surface area contributed by atoms with Gasteiger partial charge in [-0.05, 0) is 52.2 Å². The van der Waals surface area contributed by atoms with Crippen molar-refractivity contribution in [3.63, 3.8) is 0 Å². The Morgan fingerprint density at radius 3 is 2.88 bits per heavy atom. The molecule has 0 aliphatic carbocycles. The number of benzene rings is 1. The van der Waals surface area contributed by atoms with E-state index in [0.29, 0.717) is 23.6 Å². The Labute approximate surface area is 153 Å². The summed E-state index contributed by atoms with van der Waals surface area (Å²) in [6.45, 7) is 6.23. The van der Waals surface area contributed by atoms with Gasteiger partial charge in [-0.3, -0.25) is 4.90 Å². The molecule has 26 heavy (non-hydrogen) atoms. The van der Waals surface area contributed by atoms with Crippen LogP contribution in [0.25, 0.3) is 11.3 Å². The Kier molecular flexibility index (Phi) is 4.99. The van der Waals surface area contributed by atoms with Gasteiger partial charge >= 0.3 is 6.09 Å². The molecule has 0 bridgehead atoms. The summed E-state index contributed by atoms with van der Waals surface area (Å²) < 4.78 is 11.0. The zero-order chi connectivity index (χ0) is 18.7. The Morgan fingerprint density at radius 2 is 2.15 bits per heavy atom. The van der Waals surface area contributed by atoms with Gasteiger partial charge in [0.1, 0.15) is 11.3 Å². The molecule has 1 amide bonds. The molecule has 1 aliphatic heterocycles. The smallest absolute Gasteiger partial charge is 0.410 e. The first-order valence-corrected chi connectivity index (χ1v) is 8.84. The van der Waals surface area contributed by atoms with Crippen molar-refractivity contribution in [2.75, 3.05) is 6.54 Å². The molecule has 1 aromatic carbocycles. The lowest BCUT2D eigenvalue weighted by Gasteiger charge is -2.35. The second-order valence-electron chi connectivity index (χ2n) is 7.49. The minimum absolute atomic E-state index is 0.157. The monoisotopic (exact) mass is 353 g/mol. The van der Waals surface area contributed by atoms with E-state index in [1.54, 1.807) is 17.0 Å². The van der Waals surface area contributed by atoms with Crippen molar-refractivity contribution in [2.24, 2.45) is 0 Å². The SMILES string of the molecule is CC(C)(C)OC(=O)N1CCCCC1c1cc(-c2cccc(C#N)c2)on1. The van der Waals surface area contributed by atoms with Crippen molar-refractivity contribution >= 4 is 6.09 Å². The van der Waals surface area contributed by atoms with E-state index < -0.39 is 5.60 Å². The van der Waals surface area contributed by atoms with Crippen LogP contribution in [0.4, 0.5) is 4.79 Å². The highest BCUT2D eigenvalue weighted by Crippen LogP contribution is 2.33.